The lowest BCUT2D eigenvalue weighted by Gasteiger charge is -2.14. The summed E-state index contributed by atoms with van der Waals surface area (Å²) < 4.78 is 20.8. The van der Waals surface area contributed by atoms with Crippen LogP contribution in [0, 0.1) is 12.7 Å². The van der Waals surface area contributed by atoms with Crippen LogP contribution in [0.25, 0.3) is 22.2 Å². The minimum Gasteiger partial charge on any atom is -0.494 e. The number of aromatic nitrogens is 4. The Hall–Kier alpha value is -2.57. The molecular weight excluding hydrogens is 414 g/mol. The third-order valence-corrected chi connectivity index (χ3v) is 5.92. The molecular formula is C21H19Cl2FN4O. The molecule has 8 heteroatoms. The highest BCUT2D eigenvalue weighted by atomic mass is 35.5. The van der Waals surface area contributed by atoms with Crippen LogP contribution in [0.15, 0.2) is 30.6 Å². The standard InChI is InChI=1S/C21H19Cl2FN4O/c1-10(12-6-16(22)19(24)17(7-12)29-4)15-9-26-21-14(15)5-13(8-25-21)18-11(2)27-28(3)20(18)23/h5-10H,1-4H3,(H,25,26)/t10-/m0/s1. The van der Waals surface area contributed by atoms with E-state index in [4.69, 9.17) is 27.9 Å². The fourth-order valence-electron chi connectivity index (χ4n) is 3.64. The number of ether oxygens (including phenoxy) is 1. The Morgan fingerprint density at radius 3 is 2.66 bits per heavy atom. The molecule has 5 nitrogen and oxygen atoms in total. The van der Waals surface area contributed by atoms with E-state index in [9.17, 15) is 4.39 Å². The Kier molecular flexibility index (Phi) is 5.00. The Labute approximate surface area is 177 Å². The molecule has 0 amide bonds. The van der Waals surface area contributed by atoms with Crippen molar-refractivity contribution in [1.82, 2.24) is 19.7 Å². The summed E-state index contributed by atoms with van der Waals surface area (Å²) in [5.41, 5.74) is 5.19. The number of hydrogen-bond acceptors (Lipinski definition) is 3. The second-order valence-electron chi connectivity index (χ2n) is 6.98. The summed E-state index contributed by atoms with van der Waals surface area (Å²) in [7, 11) is 3.23. The molecule has 0 saturated heterocycles. The zero-order valence-corrected chi connectivity index (χ0v) is 17.9. The van der Waals surface area contributed by atoms with Crippen molar-refractivity contribution in [1.29, 1.82) is 0 Å². The maximum Gasteiger partial charge on any atom is 0.183 e. The fraction of sp³-hybridized carbons (Fsp3) is 0.238. The normalized spacial score (nSPS) is 12.5. The molecule has 3 heterocycles. The summed E-state index contributed by atoms with van der Waals surface area (Å²) in [4.78, 5) is 7.75. The number of aryl methyl sites for hydroxylation is 2. The Bertz CT molecular complexity index is 1230. The first-order valence-corrected chi connectivity index (χ1v) is 9.76. The van der Waals surface area contributed by atoms with Gasteiger partial charge in [0.15, 0.2) is 11.6 Å². The summed E-state index contributed by atoms with van der Waals surface area (Å²) in [6.07, 6.45) is 3.69. The van der Waals surface area contributed by atoms with Gasteiger partial charge in [0, 0.05) is 41.9 Å². The summed E-state index contributed by atoms with van der Waals surface area (Å²) in [6.45, 7) is 3.94. The van der Waals surface area contributed by atoms with Crippen molar-refractivity contribution >= 4 is 34.2 Å². The van der Waals surface area contributed by atoms with Gasteiger partial charge >= 0.3 is 0 Å². The Morgan fingerprint density at radius 1 is 1.24 bits per heavy atom. The molecule has 0 unspecified atom stereocenters. The molecule has 150 valence electrons. The number of nitrogens with one attached hydrogen (secondary N) is 1. The summed E-state index contributed by atoms with van der Waals surface area (Å²) in [6, 6.07) is 5.34. The van der Waals surface area contributed by atoms with Crippen LogP contribution < -0.4 is 4.74 Å². The van der Waals surface area contributed by atoms with Gasteiger partial charge in [-0.15, -0.1) is 0 Å². The number of rotatable bonds is 4. The average Bonchev–Trinajstić information content (AvgIpc) is 3.23. The Balaban J connectivity index is 1.84. The van der Waals surface area contributed by atoms with Gasteiger partial charge < -0.3 is 9.72 Å². The first-order valence-electron chi connectivity index (χ1n) is 9.01. The third kappa shape index (κ3) is 3.26. The van der Waals surface area contributed by atoms with Crippen molar-refractivity contribution in [3.05, 3.63) is 63.4 Å². The van der Waals surface area contributed by atoms with Crippen LogP contribution in [-0.2, 0) is 7.05 Å². The number of fused-ring (bicyclic) bond motifs is 1. The van der Waals surface area contributed by atoms with E-state index in [2.05, 4.69) is 15.1 Å². The predicted molar refractivity (Wildman–Crippen MR) is 114 cm³/mol. The summed E-state index contributed by atoms with van der Waals surface area (Å²) in [5.74, 6) is -0.510. The number of aromatic amines is 1. The van der Waals surface area contributed by atoms with Crippen LogP contribution in [0.5, 0.6) is 5.75 Å². The molecule has 0 aliphatic heterocycles. The van der Waals surface area contributed by atoms with Crippen LogP contribution in [-0.4, -0.2) is 26.9 Å². The van der Waals surface area contributed by atoms with Gasteiger partial charge in [0.1, 0.15) is 10.8 Å². The molecule has 0 aliphatic carbocycles. The highest BCUT2D eigenvalue weighted by molar-refractivity contribution is 6.32. The van der Waals surface area contributed by atoms with Crippen molar-refractivity contribution in [3.63, 3.8) is 0 Å². The number of nitrogens with zero attached hydrogens (tertiary/aromatic N) is 3. The summed E-state index contributed by atoms with van der Waals surface area (Å²) in [5, 5.41) is 5.92. The molecule has 1 atom stereocenters. The molecule has 1 aromatic carbocycles. The van der Waals surface area contributed by atoms with E-state index in [-0.39, 0.29) is 16.7 Å². The smallest absolute Gasteiger partial charge is 0.183 e. The molecule has 29 heavy (non-hydrogen) atoms. The van der Waals surface area contributed by atoms with Crippen LogP contribution in [0.2, 0.25) is 10.2 Å². The minimum atomic E-state index is -0.560. The van der Waals surface area contributed by atoms with E-state index in [1.807, 2.05) is 26.1 Å². The van der Waals surface area contributed by atoms with Crippen LogP contribution in [0.3, 0.4) is 0 Å². The van der Waals surface area contributed by atoms with Crippen molar-refractivity contribution in [2.24, 2.45) is 7.05 Å². The number of pyridine rings is 1. The van der Waals surface area contributed by atoms with E-state index in [0.717, 1.165) is 39.0 Å². The molecule has 3 aromatic heterocycles. The quantitative estimate of drug-likeness (QED) is 0.438. The SMILES string of the molecule is COc1cc([C@H](C)c2c[nH]c3ncc(-c4c(C)nn(C)c4Cl)cc23)cc(Cl)c1F. The number of methoxy groups -OCH3 is 1. The van der Waals surface area contributed by atoms with Crippen molar-refractivity contribution in [2.75, 3.05) is 7.11 Å². The monoisotopic (exact) mass is 432 g/mol. The van der Waals surface area contributed by atoms with Crippen LogP contribution in [0.1, 0.15) is 29.7 Å². The highest BCUT2D eigenvalue weighted by Gasteiger charge is 2.20. The van der Waals surface area contributed by atoms with Crippen molar-refractivity contribution in [2.45, 2.75) is 19.8 Å². The lowest BCUT2D eigenvalue weighted by atomic mass is 9.92. The maximum atomic E-state index is 14.1. The molecule has 4 aromatic rings. The van der Waals surface area contributed by atoms with Crippen molar-refractivity contribution in [3.8, 4) is 16.9 Å². The van der Waals surface area contributed by atoms with Crippen LogP contribution >= 0.6 is 23.2 Å². The maximum absolute atomic E-state index is 14.1. The number of hydrogen-bond donors (Lipinski definition) is 1. The lowest BCUT2D eigenvalue weighted by Crippen LogP contribution is -1.99. The average molecular weight is 433 g/mol. The second-order valence-corrected chi connectivity index (χ2v) is 7.74. The number of H-pyrrole nitrogens is 1. The highest BCUT2D eigenvalue weighted by Crippen LogP contribution is 2.37. The number of halogens is 3. The Morgan fingerprint density at radius 2 is 2.00 bits per heavy atom. The van der Waals surface area contributed by atoms with Gasteiger partial charge in [-0.1, -0.05) is 30.1 Å². The summed E-state index contributed by atoms with van der Waals surface area (Å²) >= 11 is 12.5. The minimum absolute atomic E-state index is 0.0302. The molecule has 1 N–H and O–H groups in total. The zero-order chi connectivity index (χ0) is 20.9. The molecule has 0 bridgehead atoms. The molecule has 0 aliphatic rings. The van der Waals surface area contributed by atoms with Gasteiger partial charge in [0.2, 0.25) is 0 Å². The van der Waals surface area contributed by atoms with E-state index in [0.29, 0.717) is 5.15 Å². The van der Waals surface area contributed by atoms with Gasteiger partial charge in [-0.2, -0.15) is 5.10 Å². The topological polar surface area (TPSA) is 55.7 Å². The second kappa shape index (κ2) is 7.35. The predicted octanol–water partition coefficient (Wildman–Crippen LogP) is 5.88. The molecule has 0 spiro atoms. The molecule has 0 fully saturated rings. The van der Waals surface area contributed by atoms with Crippen molar-refractivity contribution < 1.29 is 9.13 Å². The van der Waals surface area contributed by atoms with E-state index in [1.165, 1.54) is 7.11 Å². The van der Waals surface area contributed by atoms with Gasteiger partial charge in [0.05, 0.1) is 17.8 Å². The van der Waals surface area contributed by atoms with Gasteiger partial charge in [-0.05, 0) is 36.2 Å². The number of benzene rings is 1. The molecule has 4 rings (SSSR count). The fourth-order valence-corrected chi connectivity index (χ4v) is 4.14. The van der Waals surface area contributed by atoms with E-state index in [1.54, 1.807) is 30.1 Å². The van der Waals surface area contributed by atoms with Gasteiger partial charge in [0.25, 0.3) is 0 Å². The van der Waals surface area contributed by atoms with E-state index < -0.39 is 5.82 Å². The first kappa shape index (κ1) is 19.7. The zero-order valence-electron chi connectivity index (χ0n) is 16.3. The van der Waals surface area contributed by atoms with E-state index >= 15 is 0 Å². The van der Waals surface area contributed by atoms with Gasteiger partial charge in [-0.3, -0.25) is 4.68 Å². The van der Waals surface area contributed by atoms with Gasteiger partial charge in [-0.25, -0.2) is 9.37 Å². The molecule has 0 saturated carbocycles. The van der Waals surface area contributed by atoms with Crippen LogP contribution in [0.4, 0.5) is 4.39 Å². The largest absolute Gasteiger partial charge is 0.494 e. The first-order chi connectivity index (χ1) is 13.8. The third-order valence-electron chi connectivity index (χ3n) is 5.21. The lowest BCUT2D eigenvalue weighted by molar-refractivity contribution is 0.386. The molecule has 0 radical (unpaired) electrons.